The topological polar surface area (TPSA) is 59.1 Å². The minimum atomic E-state index is -1.04. The number of halogens is 1. The summed E-state index contributed by atoms with van der Waals surface area (Å²) in [6.45, 7) is 1.95. The monoisotopic (exact) mass is 432 g/mol. The summed E-state index contributed by atoms with van der Waals surface area (Å²) in [5, 5.41) is 2.84. The molecular formula is C25H21FN2O2S. The maximum absolute atomic E-state index is 14.0. The molecule has 1 aliphatic carbocycles. The van der Waals surface area contributed by atoms with Gasteiger partial charge in [0.1, 0.15) is 5.82 Å². The van der Waals surface area contributed by atoms with E-state index in [1.165, 1.54) is 12.1 Å². The molecule has 31 heavy (non-hydrogen) atoms. The van der Waals surface area contributed by atoms with Gasteiger partial charge in [0.25, 0.3) is 0 Å². The summed E-state index contributed by atoms with van der Waals surface area (Å²) >= 11 is 0. The van der Waals surface area contributed by atoms with Crippen LogP contribution in [0.4, 0.5) is 10.1 Å². The van der Waals surface area contributed by atoms with Crippen molar-refractivity contribution < 1.29 is 13.4 Å². The van der Waals surface area contributed by atoms with Crippen LogP contribution >= 0.6 is 0 Å². The number of carbonyl (C=O) groups excluding carboxylic acids is 1. The molecule has 2 aromatic carbocycles. The number of hydrogen-bond donors (Lipinski definition) is 1. The van der Waals surface area contributed by atoms with E-state index in [1.807, 2.05) is 37.3 Å². The molecule has 0 unspecified atom stereocenters. The van der Waals surface area contributed by atoms with E-state index in [4.69, 9.17) is 0 Å². The van der Waals surface area contributed by atoms with E-state index in [9.17, 15) is 13.4 Å². The first-order chi connectivity index (χ1) is 14.9. The van der Waals surface area contributed by atoms with Crippen molar-refractivity contribution in [3.05, 3.63) is 95.1 Å². The molecule has 0 saturated heterocycles. The lowest BCUT2D eigenvalue weighted by atomic mass is 10.0. The van der Waals surface area contributed by atoms with Crippen LogP contribution in [0.1, 0.15) is 30.0 Å². The zero-order valence-electron chi connectivity index (χ0n) is 17.2. The van der Waals surface area contributed by atoms with Gasteiger partial charge >= 0.3 is 0 Å². The van der Waals surface area contributed by atoms with Crippen LogP contribution in [0, 0.1) is 5.82 Å². The highest BCUT2D eigenvalue weighted by Crippen LogP contribution is 2.44. The Morgan fingerprint density at radius 2 is 1.90 bits per heavy atom. The minimum Gasteiger partial charge on any atom is -0.324 e. The van der Waals surface area contributed by atoms with Crippen LogP contribution in [0.25, 0.3) is 17.2 Å². The molecule has 4 nitrogen and oxygen atoms in total. The van der Waals surface area contributed by atoms with Crippen LogP contribution in [-0.4, -0.2) is 21.4 Å². The number of amides is 1. The molecule has 6 heteroatoms. The summed E-state index contributed by atoms with van der Waals surface area (Å²) in [6.07, 6.45) is 7.01. The third kappa shape index (κ3) is 4.54. The second kappa shape index (κ2) is 8.78. The maximum atomic E-state index is 14.0. The zero-order valence-corrected chi connectivity index (χ0v) is 18.0. The number of allylic oxidation sites excluding steroid dienone is 2. The SMILES string of the molecule is CC1=C(CC(=O)Nc2cccnc2)c2cc(F)ccc2/C1=C/c1ccc([S@](C)=O)cc1. The number of fused-ring (bicyclic) bond motifs is 1. The van der Waals surface area contributed by atoms with E-state index in [0.717, 1.165) is 38.3 Å². The fraction of sp³-hybridized carbons (Fsp3) is 0.120. The molecule has 1 N–H and O–H groups in total. The highest BCUT2D eigenvalue weighted by molar-refractivity contribution is 7.84. The molecule has 1 atom stereocenters. The van der Waals surface area contributed by atoms with Crippen molar-refractivity contribution in [3.8, 4) is 0 Å². The van der Waals surface area contributed by atoms with Crippen LogP contribution in [0.15, 0.2) is 77.5 Å². The fourth-order valence-corrected chi connectivity index (χ4v) is 4.23. The van der Waals surface area contributed by atoms with Crippen molar-refractivity contribution in [1.29, 1.82) is 0 Å². The van der Waals surface area contributed by atoms with E-state index in [0.29, 0.717) is 5.69 Å². The molecule has 0 bridgehead atoms. The van der Waals surface area contributed by atoms with Gasteiger partial charge in [-0.15, -0.1) is 0 Å². The van der Waals surface area contributed by atoms with Gasteiger partial charge in [0, 0.05) is 28.1 Å². The Morgan fingerprint density at radius 1 is 1.13 bits per heavy atom. The number of rotatable bonds is 5. The number of aromatic nitrogens is 1. The highest BCUT2D eigenvalue weighted by atomic mass is 32.2. The second-order valence-corrected chi connectivity index (χ2v) is 8.72. The smallest absolute Gasteiger partial charge is 0.228 e. The number of nitrogens with one attached hydrogen (secondary N) is 1. The van der Waals surface area contributed by atoms with Crippen molar-refractivity contribution in [3.63, 3.8) is 0 Å². The molecule has 4 rings (SSSR count). The van der Waals surface area contributed by atoms with Crippen molar-refractivity contribution in [1.82, 2.24) is 4.98 Å². The molecule has 3 aromatic rings. The Labute approximate surface area is 183 Å². The first kappa shape index (κ1) is 20.9. The number of carbonyl (C=O) groups is 1. The van der Waals surface area contributed by atoms with E-state index >= 15 is 0 Å². The summed E-state index contributed by atoms with van der Waals surface area (Å²) < 4.78 is 25.7. The van der Waals surface area contributed by atoms with Crippen LogP contribution < -0.4 is 5.32 Å². The molecule has 1 heterocycles. The first-order valence-electron chi connectivity index (χ1n) is 9.78. The molecule has 0 radical (unpaired) electrons. The van der Waals surface area contributed by atoms with Gasteiger partial charge in [-0.2, -0.15) is 0 Å². The Balaban J connectivity index is 1.69. The third-order valence-corrected chi connectivity index (χ3v) is 6.20. The van der Waals surface area contributed by atoms with E-state index in [-0.39, 0.29) is 18.1 Å². The lowest BCUT2D eigenvalue weighted by Gasteiger charge is -2.08. The first-order valence-corrected chi connectivity index (χ1v) is 11.3. The average Bonchev–Trinajstić information content (AvgIpc) is 3.00. The third-order valence-electron chi connectivity index (χ3n) is 5.26. The van der Waals surface area contributed by atoms with Gasteiger partial charge in [0.15, 0.2) is 0 Å². The highest BCUT2D eigenvalue weighted by Gasteiger charge is 2.25. The Morgan fingerprint density at radius 3 is 2.58 bits per heavy atom. The lowest BCUT2D eigenvalue weighted by Crippen LogP contribution is -2.12. The molecule has 0 saturated carbocycles. The molecular weight excluding hydrogens is 411 g/mol. The normalized spacial score (nSPS) is 15.1. The van der Waals surface area contributed by atoms with E-state index in [2.05, 4.69) is 10.3 Å². The van der Waals surface area contributed by atoms with Crippen LogP contribution in [0.3, 0.4) is 0 Å². The van der Waals surface area contributed by atoms with E-state index in [1.54, 1.807) is 36.8 Å². The molecule has 0 fully saturated rings. The maximum Gasteiger partial charge on any atom is 0.228 e. The largest absolute Gasteiger partial charge is 0.324 e. The lowest BCUT2D eigenvalue weighted by molar-refractivity contribution is -0.115. The molecule has 0 aliphatic heterocycles. The quantitative estimate of drug-likeness (QED) is 0.594. The molecule has 156 valence electrons. The zero-order chi connectivity index (χ0) is 22.0. The summed E-state index contributed by atoms with van der Waals surface area (Å²) in [7, 11) is -1.04. The van der Waals surface area contributed by atoms with Gasteiger partial charge in [0.2, 0.25) is 5.91 Å². The summed E-state index contributed by atoms with van der Waals surface area (Å²) in [5.74, 6) is -0.527. The molecule has 0 spiro atoms. The Hall–Kier alpha value is -3.38. The minimum absolute atomic E-state index is 0.127. The Kier molecular flexibility index (Phi) is 5.91. The summed E-state index contributed by atoms with van der Waals surface area (Å²) in [4.78, 5) is 17.4. The number of pyridine rings is 1. The van der Waals surface area contributed by atoms with Crippen LogP contribution in [0.2, 0.25) is 0 Å². The number of benzene rings is 2. The summed E-state index contributed by atoms with van der Waals surface area (Å²) in [5.41, 5.74) is 5.87. The van der Waals surface area contributed by atoms with Gasteiger partial charge in [0.05, 0.1) is 18.3 Å². The van der Waals surface area contributed by atoms with Crippen molar-refractivity contribution in [2.75, 3.05) is 11.6 Å². The molecule has 1 aromatic heterocycles. The van der Waals surface area contributed by atoms with E-state index < -0.39 is 10.8 Å². The van der Waals surface area contributed by atoms with Crippen molar-refractivity contribution in [2.45, 2.75) is 18.2 Å². The predicted octanol–water partition coefficient (Wildman–Crippen LogP) is 5.31. The molecule has 1 aliphatic rings. The van der Waals surface area contributed by atoms with Crippen molar-refractivity contribution in [2.24, 2.45) is 0 Å². The van der Waals surface area contributed by atoms with Gasteiger partial charge in [-0.05, 0) is 82.8 Å². The standard InChI is InChI=1S/C25H21FN2O2S/c1-16-22(12-17-5-8-20(9-6-17)31(2)30)21-10-7-18(26)13-24(21)23(16)14-25(29)28-19-4-3-11-27-15-19/h3-13,15H,14H2,1-2H3,(H,28,29)/b22-12+/t31-/m0/s1. The number of nitrogens with zero attached hydrogens (tertiary/aromatic N) is 1. The second-order valence-electron chi connectivity index (χ2n) is 7.34. The predicted molar refractivity (Wildman–Crippen MR) is 123 cm³/mol. The molecule has 1 amide bonds. The number of hydrogen-bond acceptors (Lipinski definition) is 3. The van der Waals surface area contributed by atoms with Gasteiger partial charge in [-0.25, -0.2) is 4.39 Å². The average molecular weight is 433 g/mol. The fourth-order valence-electron chi connectivity index (χ4n) is 3.71. The van der Waals surface area contributed by atoms with Gasteiger partial charge in [-0.3, -0.25) is 14.0 Å². The van der Waals surface area contributed by atoms with Gasteiger partial charge in [-0.1, -0.05) is 18.2 Å². The van der Waals surface area contributed by atoms with Crippen molar-refractivity contribution >= 4 is 39.6 Å². The van der Waals surface area contributed by atoms with Crippen LogP contribution in [0.5, 0.6) is 0 Å². The Bertz CT molecular complexity index is 1230. The van der Waals surface area contributed by atoms with Gasteiger partial charge < -0.3 is 5.32 Å². The van der Waals surface area contributed by atoms with Crippen LogP contribution in [-0.2, 0) is 15.6 Å². The summed E-state index contributed by atoms with van der Waals surface area (Å²) in [6, 6.07) is 15.7. The number of anilines is 1.